The molecule has 0 fully saturated rings. The number of hydrogen-bond donors (Lipinski definition) is 2. The highest BCUT2D eigenvalue weighted by Crippen LogP contribution is 2.41. The molecule has 4 heterocycles. The van der Waals surface area contributed by atoms with Gasteiger partial charge in [-0.3, -0.25) is 4.79 Å². The number of H-pyrrole nitrogens is 1. The van der Waals surface area contributed by atoms with Crippen molar-refractivity contribution in [1.29, 1.82) is 0 Å². The summed E-state index contributed by atoms with van der Waals surface area (Å²) < 4.78 is 11.8. The van der Waals surface area contributed by atoms with E-state index in [0.717, 1.165) is 5.56 Å². The molecule has 1 aromatic carbocycles. The van der Waals surface area contributed by atoms with Crippen LogP contribution < -0.4 is 10.9 Å². The number of carbonyl (C=O) groups excluding carboxylic acids is 1. The lowest BCUT2D eigenvalue weighted by atomic mass is 9.93. The van der Waals surface area contributed by atoms with Crippen LogP contribution in [0.3, 0.4) is 0 Å². The molecule has 0 aliphatic carbocycles. The first-order valence-electron chi connectivity index (χ1n) is 8.57. The van der Waals surface area contributed by atoms with Gasteiger partial charge in [0.1, 0.15) is 17.4 Å². The fourth-order valence-electron chi connectivity index (χ4n) is 3.37. The Morgan fingerprint density at radius 2 is 2.07 bits per heavy atom. The van der Waals surface area contributed by atoms with E-state index in [9.17, 15) is 9.59 Å². The Bertz CT molecular complexity index is 1260. The van der Waals surface area contributed by atoms with Crippen LogP contribution >= 0.6 is 0 Å². The van der Waals surface area contributed by atoms with Crippen molar-refractivity contribution in [3.8, 4) is 11.5 Å². The van der Waals surface area contributed by atoms with Gasteiger partial charge in [-0.05, 0) is 40.3 Å². The van der Waals surface area contributed by atoms with Gasteiger partial charge in [0.2, 0.25) is 5.95 Å². The van der Waals surface area contributed by atoms with E-state index in [2.05, 4.69) is 31.0 Å². The topological polar surface area (TPSA) is 141 Å². The molecule has 144 valence electrons. The summed E-state index contributed by atoms with van der Waals surface area (Å²) in [7, 11) is 1.32. The highest BCUT2D eigenvalue weighted by atomic mass is 16.5. The Hall–Kier alpha value is -4.28. The second-order valence-electron chi connectivity index (χ2n) is 6.26. The number of ether oxygens (including phenoxy) is 1. The Labute approximate surface area is 162 Å². The number of furan rings is 1. The molecule has 11 heteroatoms. The smallest absolute Gasteiger partial charge is 0.337 e. The molecule has 0 bridgehead atoms. The monoisotopic (exact) mass is 391 g/mol. The van der Waals surface area contributed by atoms with Crippen LogP contribution in [0.1, 0.15) is 27.5 Å². The lowest BCUT2D eigenvalue weighted by Gasteiger charge is -2.27. The largest absolute Gasteiger partial charge is 0.465 e. The summed E-state index contributed by atoms with van der Waals surface area (Å²) in [5, 5.41) is 21.4. The molecule has 1 atom stereocenters. The summed E-state index contributed by atoms with van der Waals surface area (Å²) in [5.74, 6) is 0.341. The van der Waals surface area contributed by atoms with Crippen molar-refractivity contribution in [3.63, 3.8) is 0 Å². The van der Waals surface area contributed by atoms with E-state index in [4.69, 9.17) is 9.15 Å². The van der Waals surface area contributed by atoms with Crippen molar-refractivity contribution in [2.45, 2.75) is 6.04 Å². The Morgan fingerprint density at radius 3 is 2.79 bits per heavy atom. The molecule has 29 heavy (non-hydrogen) atoms. The number of aromatic amines is 1. The number of esters is 1. The SMILES string of the molecule is COC(=O)c1ccc([C@@H]2c3c(-c4ccco4)n[nH]c(=O)c3Nc3nnnn32)cc1. The van der Waals surface area contributed by atoms with Gasteiger partial charge in [0.15, 0.2) is 5.76 Å². The molecule has 4 aromatic rings. The molecule has 11 nitrogen and oxygen atoms in total. The minimum atomic E-state index is -0.571. The van der Waals surface area contributed by atoms with Crippen LogP contribution in [-0.4, -0.2) is 43.5 Å². The van der Waals surface area contributed by atoms with Crippen molar-refractivity contribution in [1.82, 2.24) is 30.4 Å². The van der Waals surface area contributed by atoms with E-state index in [1.54, 1.807) is 41.1 Å². The van der Waals surface area contributed by atoms with E-state index >= 15 is 0 Å². The fraction of sp³-hybridized carbons (Fsp3) is 0.111. The average Bonchev–Trinajstić information content (AvgIpc) is 3.44. The van der Waals surface area contributed by atoms with Crippen molar-refractivity contribution < 1.29 is 13.9 Å². The van der Waals surface area contributed by atoms with E-state index in [-0.39, 0.29) is 5.69 Å². The van der Waals surface area contributed by atoms with E-state index in [1.165, 1.54) is 13.4 Å². The molecule has 0 spiro atoms. The van der Waals surface area contributed by atoms with Crippen LogP contribution in [0.2, 0.25) is 0 Å². The number of anilines is 2. The second-order valence-corrected chi connectivity index (χ2v) is 6.26. The maximum absolute atomic E-state index is 12.5. The van der Waals surface area contributed by atoms with Gasteiger partial charge in [-0.2, -0.15) is 9.78 Å². The Morgan fingerprint density at radius 1 is 1.24 bits per heavy atom. The van der Waals surface area contributed by atoms with Crippen LogP contribution in [0.25, 0.3) is 11.5 Å². The van der Waals surface area contributed by atoms with Gasteiger partial charge >= 0.3 is 5.97 Å². The summed E-state index contributed by atoms with van der Waals surface area (Å²) in [6.07, 6.45) is 1.52. The molecule has 3 aromatic heterocycles. The first-order valence-corrected chi connectivity index (χ1v) is 8.57. The third-order valence-corrected chi connectivity index (χ3v) is 4.67. The number of benzene rings is 1. The van der Waals surface area contributed by atoms with Crippen LogP contribution in [0.15, 0.2) is 51.9 Å². The van der Waals surface area contributed by atoms with Crippen molar-refractivity contribution in [3.05, 3.63) is 69.7 Å². The zero-order valence-corrected chi connectivity index (χ0v) is 15.0. The number of hydrogen-bond acceptors (Lipinski definition) is 9. The highest BCUT2D eigenvalue weighted by molar-refractivity contribution is 5.89. The van der Waals surface area contributed by atoms with E-state index < -0.39 is 17.6 Å². The Kier molecular flexibility index (Phi) is 3.72. The fourth-order valence-corrected chi connectivity index (χ4v) is 3.37. The molecular weight excluding hydrogens is 378 g/mol. The molecule has 1 aliphatic rings. The lowest BCUT2D eigenvalue weighted by Crippen LogP contribution is -2.29. The normalized spacial score (nSPS) is 14.6. The molecule has 0 amide bonds. The predicted octanol–water partition coefficient (Wildman–Crippen LogP) is 1.50. The van der Waals surface area contributed by atoms with Gasteiger partial charge in [-0.15, -0.1) is 0 Å². The minimum Gasteiger partial charge on any atom is -0.465 e. The van der Waals surface area contributed by atoms with Gasteiger partial charge < -0.3 is 14.5 Å². The summed E-state index contributed by atoms with van der Waals surface area (Å²) in [6, 6.07) is 9.69. The quantitative estimate of drug-likeness (QED) is 0.438. The maximum Gasteiger partial charge on any atom is 0.337 e. The molecule has 0 saturated heterocycles. The predicted molar refractivity (Wildman–Crippen MR) is 98.7 cm³/mol. The molecule has 0 radical (unpaired) electrons. The molecule has 2 N–H and O–H groups in total. The molecular formula is C18H13N7O4. The number of aromatic nitrogens is 6. The number of carbonyl (C=O) groups is 1. The second kappa shape index (κ2) is 6.41. The van der Waals surface area contributed by atoms with Gasteiger partial charge in [0.05, 0.1) is 18.9 Å². The third-order valence-electron chi connectivity index (χ3n) is 4.67. The summed E-state index contributed by atoms with van der Waals surface area (Å²) >= 11 is 0. The van der Waals surface area contributed by atoms with Crippen LogP contribution in [0.5, 0.6) is 0 Å². The van der Waals surface area contributed by atoms with Crippen LogP contribution in [0.4, 0.5) is 11.6 Å². The number of fused-ring (bicyclic) bond motifs is 2. The van der Waals surface area contributed by atoms with Gasteiger partial charge in [0, 0.05) is 5.56 Å². The number of methoxy groups -OCH3 is 1. The molecule has 0 unspecified atom stereocenters. The number of nitrogens with one attached hydrogen (secondary N) is 2. The summed E-state index contributed by atoms with van der Waals surface area (Å²) in [4.78, 5) is 24.3. The zero-order valence-electron chi connectivity index (χ0n) is 15.0. The number of nitrogens with zero attached hydrogens (tertiary/aromatic N) is 5. The Balaban J connectivity index is 1.74. The average molecular weight is 391 g/mol. The van der Waals surface area contributed by atoms with Crippen LogP contribution in [-0.2, 0) is 4.74 Å². The summed E-state index contributed by atoms with van der Waals surface area (Å²) in [6.45, 7) is 0. The minimum absolute atomic E-state index is 0.274. The highest BCUT2D eigenvalue weighted by Gasteiger charge is 2.35. The van der Waals surface area contributed by atoms with E-state index in [1.807, 2.05) is 0 Å². The van der Waals surface area contributed by atoms with Crippen molar-refractivity contribution in [2.75, 3.05) is 12.4 Å². The summed E-state index contributed by atoms with van der Waals surface area (Å²) in [5.41, 5.74) is 2.00. The maximum atomic E-state index is 12.5. The van der Waals surface area contributed by atoms with Crippen LogP contribution in [0, 0.1) is 0 Å². The van der Waals surface area contributed by atoms with Crippen molar-refractivity contribution in [2.24, 2.45) is 0 Å². The zero-order chi connectivity index (χ0) is 20.0. The molecule has 0 saturated carbocycles. The molecule has 1 aliphatic heterocycles. The first-order chi connectivity index (χ1) is 14.2. The molecule has 5 rings (SSSR count). The van der Waals surface area contributed by atoms with E-state index in [0.29, 0.717) is 28.5 Å². The van der Waals surface area contributed by atoms with Crippen molar-refractivity contribution >= 4 is 17.6 Å². The third kappa shape index (κ3) is 2.59. The van der Waals surface area contributed by atoms with Gasteiger partial charge in [0.25, 0.3) is 5.56 Å². The lowest BCUT2D eigenvalue weighted by molar-refractivity contribution is 0.0600. The number of tetrazole rings is 1. The standard InChI is InChI=1S/C18H13N7O4/c1-28-17(27)10-6-4-9(5-7-10)15-12-13(11-3-2-8-29-11)20-21-16(26)14(12)19-18-22-23-24-25(15)18/h2-8,15H,1H3,(H,21,26)(H,19,22,24)/t15-/m1/s1. The first kappa shape index (κ1) is 16.9. The van der Waals surface area contributed by atoms with Gasteiger partial charge in [-0.1, -0.05) is 17.2 Å². The van der Waals surface area contributed by atoms with Gasteiger partial charge in [-0.25, -0.2) is 9.89 Å². The number of rotatable bonds is 3.